The van der Waals surface area contributed by atoms with E-state index in [0.717, 1.165) is 22.4 Å². The van der Waals surface area contributed by atoms with Crippen LogP contribution in [0.3, 0.4) is 0 Å². The first-order valence-electron chi connectivity index (χ1n) is 7.26. The lowest BCUT2D eigenvalue weighted by Crippen LogP contribution is -2.19. The highest BCUT2D eigenvalue weighted by atomic mass is 35.5. The van der Waals surface area contributed by atoms with Gasteiger partial charge in [0.05, 0.1) is 13.7 Å². The fourth-order valence-corrected chi connectivity index (χ4v) is 2.61. The van der Waals surface area contributed by atoms with E-state index in [1.165, 1.54) is 0 Å². The minimum Gasteiger partial charge on any atom is -0.497 e. The summed E-state index contributed by atoms with van der Waals surface area (Å²) in [6, 6.07) is 18.7. The van der Waals surface area contributed by atoms with Gasteiger partial charge >= 0.3 is 0 Å². The summed E-state index contributed by atoms with van der Waals surface area (Å²) < 4.78 is 6.84. The van der Waals surface area contributed by atoms with Crippen molar-refractivity contribution in [3.63, 3.8) is 0 Å². The summed E-state index contributed by atoms with van der Waals surface area (Å²) in [5, 5.41) is 0.661. The third-order valence-corrected chi connectivity index (χ3v) is 4.07. The number of nitrogens with zero attached hydrogens (tertiary/aromatic N) is 1. The van der Waals surface area contributed by atoms with Gasteiger partial charge < -0.3 is 9.30 Å². The Kier molecular flexibility index (Phi) is 4.49. The smallest absolute Gasteiger partial charge is 0.250 e. The summed E-state index contributed by atoms with van der Waals surface area (Å²) in [6.07, 6.45) is 1.85. The third-order valence-electron chi connectivity index (χ3n) is 3.71. The Hall–Kier alpha value is -2.52. The second kappa shape index (κ2) is 6.71. The quantitative estimate of drug-likeness (QED) is 0.719. The normalized spacial score (nSPS) is 10.5. The monoisotopic (exact) mass is 325 g/mol. The number of benzene rings is 2. The summed E-state index contributed by atoms with van der Waals surface area (Å²) in [5.41, 5.74) is 2.86. The summed E-state index contributed by atoms with van der Waals surface area (Å²) in [7, 11) is 1.64. The first-order chi connectivity index (χ1) is 11.2. The van der Waals surface area contributed by atoms with Crippen LogP contribution in [0.25, 0.3) is 11.1 Å². The highest BCUT2D eigenvalue weighted by molar-refractivity contribution is 6.31. The highest BCUT2D eigenvalue weighted by Gasteiger charge is 2.05. The van der Waals surface area contributed by atoms with Gasteiger partial charge in [0.15, 0.2) is 0 Å². The molecule has 0 aliphatic carbocycles. The molecular weight excluding hydrogens is 310 g/mol. The average molecular weight is 326 g/mol. The number of hydrogen-bond donors (Lipinski definition) is 0. The van der Waals surface area contributed by atoms with Crippen molar-refractivity contribution >= 4 is 11.6 Å². The second-order valence-electron chi connectivity index (χ2n) is 5.20. The van der Waals surface area contributed by atoms with Crippen LogP contribution in [0.5, 0.6) is 5.75 Å². The van der Waals surface area contributed by atoms with Crippen molar-refractivity contribution in [1.29, 1.82) is 0 Å². The molecule has 1 aromatic heterocycles. The summed E-state index contributed by atoms with van der Waals surface area (Å²) >= 11 is 6.19. The van der Waals surface area contributed by atoms with Crippen LogP contribution >= 0.6 is 11.6 Å². The third kappa shape index (κ3) is 3.46. The molecule has 2 aromatic carbocycles. The van der Waals surface area contributed by atoms with E-state index < -0.39 is 0 Å². The van der Waals surface area contributed by atoms with E-state index in [1.807, 2.05) is 60.8 Å². The molecule has 0 unspecified atom stereocenters. The molecular formula is C19H16ClNO2. The number of rotatable bonds is 4. The zero-order valence-electron chi connectivity index (χ0n) is 12.7. The van der Waals surface area contributed by atoms with Crippen molar-refractivity contribution in [1.82, 2.24) is 4.57 Å². The Morgan fingerprint density at radius 1 is 0.957 bits per heavy atom. The Morgan fingerprint density at radius 3 is 2.35 bits per heavy atom. The lowest BCUT2D eigenvalue weighted by atomic mass is 10.1. The number of aromatic nitrogens is 1. The molecule has 0 amide bonds. The number of halogens is 1. The molecule has 3 nitrogen and oxygen atoms in total. The van der Waals surface area contributed by atoms with E-state index >= 15 is 0 Å². The van der Waals surface area contributed by atoms with Gasteiger partial charge in [0.1, 0.15) is 5.75 Å². The molecule has 3 rings (SSSR count). The molecule has 0 saturated carbocycles. The van der Waals surface area contributed by atoms with Crippen LogP contribution in [0.4, 0.5) is 0 Å². The predicted molar refractivity (Wildman–Crippen MR) is 93.2 cm³/mol. The molecule has 0 bridgehead atoms. The van der Waals surface area contributed by atoms with E-state index in [0.29, 0.717) is 11.6 Å². The van der Waals surface area contributed by atoms with Gasteiger partial charge in [-0.15, -0.1) is 0 Å². The molecule has 0 atom stereocenters. The van der Waals surface area contributed by atoms with Crippen molar-refractivity contribution in [2.24, 2.45) is 0 Å². The van der Waals surface area contributed by atoms with E-state index in [9.17, 15) is 4.79 Å². The SMILES string of the molecule is COc1ccc(-c2ccc(=O)n(Cc3ccccc3Cl)c2)cc1. The van der Waals surface area contributed by atoms with Crippen molar-refractivity contribution in [3.05, 3.63) is 87.8 Å². The van der Waals surface area contributed by atoms with Crippen LogP contribution in [0.1, 0.15) is 5.56 Å². The van der Waals surface area contributed by atoms with Gasteiger partial charge in [-0.25, -0.2) is 0 Å². The molecule has 116 valence electrons. The number of ether oxygens (including phenoxy) is 1. The zero-order valence-corrected chi connectivity index (χ0v) is 13.5. The zero-order chi connectivity index (χ0) is 16.2. The van der Waals surface area contributed by atoms with Crippen molar-refractivity contribution in [2.45, 2.75) is 6.54 Å². The first kappa shape index (κ1) is 15.4. The largest absolute Gasteiger partial charge is 0.497 e. The van der Waals surface area contributed by atoms with Crippen LogP contribution < -0.4 is 10.3 Å². The molecule has 0 aliphatic rings. The standard InChI is InChI=1S/C19H16ClNO2/c1-23-17-9-6-14(7-10-17)15-8-11-19(22)21(12-15)13-16-4-2-3-5-18(16)20/h2-12H,13H2,1H3. The van der Waals surface area contributed by atoms with Gasteiger partial charge in [0.25, 0.3) is 5.56 Å². The van der Waals surface area contributed by atoms with E-state index in [2.05, 4.69) is 0 Å². The second-order valence-corrected chi connectivity index (χ2v) is 5.61. The van der Waals surface area contributed by atoms with Crippen molar-refractivity contribution < 1.29 is 4.74 Å². The maximum absolute atomic E-state index is 12.1. The molecule has 0 saturated heterocycles. The molecule has 0 N–H and O–H groups in total. The molecule has 0 aliphatic heterocycles. The van der Waals surface area contributed by atoms with Gasteiger partial charge in [-0.3, -0.25) is 4.79 Å². The van der Waals surface area contributed by atoms with E-state index in [-0.39, 0.29) is 5.56 Å². The van der Waals surface area contributed by atoms with E-state index in [1.54, 1.807) is 17.7 Å². The van der Waals surface area contributed by atoms with Crippen LogP contribution in [-0.4, -0.2) is 11.7 Å². The Labute approximate surface area is 139 Å². The van der Waals surface area contributed by atoms with Gasteiger partial charge in [0.2, 0.25) is 0 Å². The lowest BCUT2D eigenvalue weighted by Gasteiger charge is -2.10. The van der Waals surface area contributed by atoms with Crippen LogP contribution in [0, 0.1) is 0 Å². The molecule has 0 spiro atoms. The molecule has 1 heterocycles. The number of hydrogen-bond acceptors (Lipinski definition) is 2. The number of methoxy groups -OCH3 is 1. The van der Waals surface area contributed by atoms with Gasteiger partial charge in [-0.05, 0) is 41.0 Å². The fourth-order valence-electron chi connectivity index (χ4n) is 2.42. The minimum absolute atomic E-state index is 0.0535. The summed E-state index contributed by atoms with van der Waals surface area (Å²) in [6.45, 7) is 0.447. The topological polar surface area (TPSA) is 31.2 Å². The number of pyridine rings is 1. The molecule has 0 radical (unpaired) electrons. The Bertz CT molecular complexity index is 869. The molecule has 23 heavy (non-hydrogen) atoms. The van der Waals surface area contributed by atoms with Crippen molar-refractivity contribution in [2.75, 3.05) is 7.11 Å². The predicted octanol–water partition coefficient (Wildman–Crippen LogP) is 4.23. The fraction of sp³-hybridized carbons (Fsp3) is 0.105. The van der Waals surface area contributed by atoms with Gasteiger partial charge in [0, 0.05) is 17.3 Å². The van der Waals surface area contributed by atoms with Crippen LogP contribution in [0.2, 0.25) is 5.02 Å². The Balaban J connectivity index is 1.95. The molecule has 0 fully saturated rings. The van der Waals surface area contributed by atoms with Gasteiger partial charge in [-0.2, -0.15) is 0 Å². The molecule has 4 heteroatoms. The summed E-state index contributed by atoms with van der Waals surface area (Å²) in [5.74, 6) is 0.804. The van der Waals surface area contributed by atoms with E-state index in [4.69, 9.17) is 16.3 Å². The lowest BCUT2D eigenvalue weighted by molar-refractivity contribution is 0.415. The highest BCUT2D eigenvalue weighted by Crippen LogP contribution is 2.22. The first-order valence-corrected chi connectivity index (χ1v) is 7.63. The van der Waals surface area contributed by atoms with Crippen LogP contribution in [-0.2, 0) is 6.54 Å². The van der Waals surface area contributed by atoms with Crippen molar-refractivity contribution in [3.8, 4) is 16.9 Å². The maximum Gasteiger partial charge on any atom is 0.250 e. The molecule has 3 aromatic rings. The Morgan fingerprint density at radius 2 is 1.65 bits per heavy atom. The van der Waals surface area contributed by atoms with Crippen LogP contribution in [0.15, 0.2) is 71.7 Å². The average Bonchev–Trinajstić information content (AvgIpc) is 2.59. The summed E-state index contributed by atoms with van der Waals surface area (Å²) in [4.78, 5) is 12.1. The minimum atomic E-state index is -0.0535. The maximum atomic E-state index is 12.1. The van der Waals surface area contributed by atoms with Gasteiger partial charge in [-0.1, -0.05) is 41.9 Å².